The Balaban J connectivity index is 1.71. The molecule has 0 aromatic heterocycles. The molecule has 0 saturated carbocycles. The number of anilines is 1. The number of methoxy groups -OCH3 is 1. The second-order valence-electron chi connectivity index (χ2n) is 7.29. The Labute approximate surface area is 191 Å². The molecule has 0 aliphatic rings. The van der Waals surface area contributed by atoms with E-state index in [1.54, 1.807) is 13.3 Å². The third kappa shape index (κ3) is 6.18. The Morgan fingerprint density at radius 2 is 1.84 bits per heavy atom. The van der Waals surface area contributed by atoms with Crippen LogP contribution in [-0.2, 0) is 4.79 Å². The van der Waals surface area contributed by atoms with Crippen molar-refractivity contribution in [3.8, 4) is 11.5 Å². The first kappa shape index (κ1) is 22.6. The van der Waals surface area contributed by atoms with E-state index in [0.717, 1.165) is 28.1 Å². The third-order valence-corrected chi connectivity index (χ3v) is 5.20. The Bertz CT molecular complexity index is 1130. The summed E-state index contributed by atoms with van der Waals surface area (Å²) in [5, 5.41) is 2.83. The lowest BCUT2D eigenvalue weighted by atomic mass is 10.1. The molecule has 0 bridgehead atoms. The summed E-state index contributed by atoms with van der Waals surface area (Å²) in [7, 11) is 1.56. The van der Waals surface area contributed by atoms with Crippen LogP contribution >= 0.6 is 15.9 Å². The number of hydrogen-bond acceptors (Lipinski definition) is 4. The van der Waals surface area contributed by atoms with Gasteiger partial charge in [0.05, 0.1) is 17.3 Å². The Hall–Kier alpha value is -3.12. The van der Waals surface area contributed by atoms with Gasteiger partial charge in [-0.3, -0.25) is 9.79 Å². The van der Waals surface area contributed by atoms with Crippen LogP contribution in [0.4, 0.5) is 11.4 Å². The normalized spacial score (nSPS) is 10.9. The number of amides is 1. The number of aliphatic imine (C=N–C) groups is 1. The maximum Gasteiger partial charge on any atom is 0.262 e. The summed E-state index contributed by atoms with van der Waals surface area (Å²) < 4.78 is 11.9. The molecule has 1 amide bonds. The molecule has 31 heavy (non-hydrogen) atoms. The second-order valence-corrected chi connectivity index (χ2v) is 8.14. The lowest BCUT2D eigenvalue weighted by molar-refractivity contribution is -0.118. The number of carbonyl (C=O) groups is 1. The lowest BCUT2D eigenvalue weighted by Gasteiger charge is -2.13. The van der Waals surface area contributed by atoms with Gasteiger partial charge in [0.1, 0.15) is 0 Å². The van der Waals surface area contributed by atoms with E-state index in [1.165, 1.54) is 5.56 Å². The van der Waals surface area contributed by atoms with E-state index in [2.05, 4.69) is 39.2 Å². The van der Waals surface area contributed by atoms with Gasteiger partial charge in [-0.05, 0) is 83.7 Å². The smallest absolute Gasteiger partial charge is 0.262 e. The zero-order chi connectivity index (χ0) is 22.4. The van der Waals surface area contributed by atoms with Crippen molar-refractivity contribution >= 4 is 39.4 Å². The Morgan fingerprint density at radius 1 is 1.06 bits per heavy atom. The average Bonchev–Trinajstić information content (AvgIpc) is 2.72. The second kappa shape index (κ2) is 10.3. The van der Waals surface area contributed by atoms with Crippen LogP contribution in [0.5, 0.6) is 11.5 Å². The molecule has 0 fully saturated rings. The molecule has 0 spiro atoms. The number of ether oxygens (including phenoxy) is 2. The minimum atomic E-state index is -0.250. The van der Waals surface area contributed by atoms with Crippen molar-refractivity contribution in [1.82, 2.24) is 0 Å². The van der Waals surface area contributed by atoms with Gasteiger partial charge < -0.3 is 14.8 Å². The summed E-state index contributed by atoms with van der Waals surface area (Å²) in [6, 6.07) is 17.4. The molecule has 0 aliphatic carbocycles. The summed E-state index contributed by atoms with van der Waals surface area (Å²) in [5.74, 6) is 0.727. The molecule has 0 aliphatic heterocycles. The van der Waals surface area contributed by atoms with Crippen molar-refractivity contribution in [1.29, 1.82) is 0 Å². The maximum absolute atomic E-state index is 12.3. The van der Waals surface area contributed by atoms with Crippen LogP contribution in [0.25, 0.3) is 0 Å². The number of rotatable bonds is 7. The third-order valence-electron chi connectivity index (χ3n) is 4.61. The molecule has 0 atom stereocenters. The Kier molecular flexibility index (Phi) is 7.47. The van der Waals surface area contributed by atoms with Crippen molar-refractivity contribution in [2.75, 3.05) is 19.0 Å². The first-order valence-electron chi connectivity index (χ1n) is 9.84. The summed E-state index contributed by atoms with van der Waals surface area (Å²) in [6.45, 7) is 5.93. The molecular formula is C25H25BrN2O3. The van der Waals surface area contributed by atoms with Gasteiger partial charge in [0.25, 0.3) is 5.91 Å². The van der Waals surface area contributed by atoms with Gasteiger partial charge in [0.2, 0.25) is 0 Å². The van der Waals surface area contributed by atoms with Gasteiger partial charge in [-0.15, -0.1) is 0 Å². The predicted octanol–water partition coefficient (Wildman–Crippen LogP) is 6.15. The minimum Gasteiger partial charge on any atom is -0.493 e. The minimum absolute atomic E-state index is 0.140. The van der Waals surface area contributed by atoms with Crippen molar-refractivity contribution in [2.45, 2.75) is 20.8 Å². The van der Waals surface area contributed by atoms with Gasteiger partial charge in [-0.1, -0.05) is 29.8 Å². The standard InChI is InChI=1S/C25H25BrN2O3/c1-16-6-5-7-20(11-16)28-24(29)15-31-25-21(26)12-19(13-23(25)30-4)14-27-22-9-8-17(2)10-18(22)3/h5-14H,15H2,1-4H3,(H,28,29). The number of benzene rings is 3. The van der Waals surface area contributed by atoms with Crippen molar-refractivity contribution in [3.63, 3.8) is 0 Å². The molecule has 3 aromatic carbocycles. The molecule has 3 rings (SSSR count). The van der Waals surface area contributed by atoms with Gasteiger partial charge in [0.15, 0.2) is 18.1 Å². The molecule has 0 radical (unpaired) electrons. The monoisotopic (exact) mass is 480 g/mol. The first-order chi connectivity index (χ1) is 14.9. The van der Waals surface area contributed by atoms with E-state index >= 15 is 0 Å². The summed E-state index contributed by atoms with van der Waals surface area (Å²) in [6.07, 6.45) is 1.78. The van der Waals surface area contributed by atoms with Crippen LogP contribution in [-0.4, -0.2) is 25.8 Å². The van der Waals surface area contributed by atoms with Crippen LogP contribution < -0.4 is 14.8 Å². The van der Waals surface area contributed by atoms with Gasteiger partial charge >= 0.3 is 0 Å². The molecule has 0 saturated heterocycles. The maximum atomic E-state index is 12.3. The van der Waals surface area contributed by atoms with E-state index < -0.39 is 0 Å². The lowest BCUT2D eigenvalue weighted by Crippen LogP contribution is -2.20. The fraction of sp³-hybridized carbons (Fsp3) is 0.200. The van der Waals surface area contributed by atoms with Crippen molar-refractivity contribution < 1.29 is 14.3 Å². The van der Waals surface area contributed by atoms with E-state index in [9.17, 15) is 4.79 Å². The molecule has 5 nitrogen and oxygen atoms in total. The van der Waals surface area contributed by atoms with Crippen LogP contribution in [0.15, 0.2) is 64.1 Å². The summed E-state index contributed by atoms with van der Waals surface area (Å²) >= 11 is 3.52. The van der Waals surface area contributed by atoms with Crippen molar-refractivity contribution in [3.05, 3.63) is 81.3 Å². The van der Waals surface area contributed by atoms with Crippen LogP contribution in [0.1, 0.15) is 22.3 Å². The molecule has 0 unspecified atom stereocenters. The highest BCUT2D eigenvalue weighted by Crippen LogP contribution is 2.36. The summed E-state index contributed by atoms with van der Waals surface area (Å²) in [5.41, 5.74) is 5.88. The molecular weight excluding hydrogens is 456 g/mol. The highest BCUT2D eigenvalue weighted by atomic mass is 79.9. The highest BCUT2D eigenvalue weighted by molar-refractivity contribution is 9.10. The highest BCUT2D eigenvalue weighted by Gasteiger charge is 2.13. The van der Waals surface area contributed by atoms with Gasteiger partial charge in [-0.2, -0.15) is 0 Å². The quantitative estimate of drug-likeness (QED) is 0.412. The fourth-order valence-corrected chi connectivity index (χ4v) is 3.68. The van der Waals surface area contributed by atoms with E-state index in [0.29, 0.717) is 16.0 Å². The van der Waals surface area contributed by atoms with Gasteiger partial charge in [-0.25, -0.2) is 0 Å². The molecule has 1 N–H and O–H groups in total. The van der Waals surface area contributed by atoms with E-state index in [1.807, 2.05) is 62.4 Å². The van der Waals surface area contributed by atoms with Crippen LogP contribution in [0, 0.1) is 20.8 Å². The van der Waals surface area contributed by atoms with Crippen LogP contribution in [0.2, 0.25) is 0 Å². The zero-order valence-electron chi connectivity index (χ0n) is 18.0. The van der Waals surface area contributed by atoms with E-state index in [-0.39, 0.29) is 12.5 Å². The van der Waals surface area contributed by atoms with Gasteiger partial charge in [0, 0.05) is 11.9 Å². The number of carbonyl (C=O) groups excluding carboxylic acids is 1. The fourth-order valence-electron chi connectivity index (χ4n) is 3.11. The first-order valence-corrected chi connectivity index (χ1v) is 10.6. The number of aryl methyl sites for hydroxylation is 3. The van der Waals surface area contributed by atoms with Crippen LogP contribution in [0.3, 0.4) is 0 Å². The SMILES string of the molecule is COc1cc(C=Nc2ccc(C)cc2C)cc(Br)c1OCC(=O)Nc1cccc(C)c1. The number of nitrogens with zero attached hydrogens (tertiary/aromatic N) is 1. The van der Waals surface area contributed by atoms with E-state index in [4.69, 9.17) is 9.47 Å². The predicted molar refractivity (Wildman–Crippen MR) is 129 cm³/mol. The molecule has 160 valence electrons. The molecule has 0 heterocycles. The largest absolute Gasteiger partial charge is 0.493 e. The molecule has 3 aromatic rings. The average molecular weight is 481 g/mol. The molecule has 6 heteroatoms. The topological polar surface area (TPSA) is 59.9 Å². The summed E-state index contributed by atoms with van der Waals surface area (Å²) in [4.78, 5) is 16.9. The number of halogens is 1. The zero-order valence-corrected chi connectivity index (χ0v) is 19.6. The number of hydrogen-bond donors (Lipinski definition) is 1. The Morgan fingerprint density at radius 3 is 2.55 bits per heavy atom. The van der Waals surface area contributed by atoms with Crippen molar-refractivity contribution in [2.24, 2.45) is 4.99 Å². The number of nitrogens with one attached hydrogen (secondary N) is 1.